The van der Waals surface area contributed by atoms with Crippen LogP contribution >= 0.6 is 0 Å². The summed E-state index contributed by atoms with van der Waals surface area (Å²) in [6, 6.07) is 2.57. The zero-order valence-electron chi connectivity index (χ0n) is 9.50. The number of diazo groups is 1. The van der Waals surface area contributed by atoms with E-state index in [1.54, 1.807) is 13.0 Å². The number of ether oxygens (including phenoxy) is 1. The summed E-state index contributed by atoms with van der Waals surface area (Å²) in [5, 5.41) is 20.5. The van der Waals surface area contributed by atoms with Crippen molar-refractivity contribution in [3.8, 4) is 5.95 Å². The molecule has 1 aromatic rings. The quantitative estimate of drug-likeness (QED) is 0.677. The van der Waals surface area contributed by atoms with E-state index in [0.717, 1.165) is 12.8 Å². The van der Waals surface area contributed by atoms with Crippen LogP contribution < -0.4 is 10.5 Å². The molecule has 1 saturated heterocycles. The summed E-state index contributed by atoms with van der Waals surface area (Å²) in [6.45, 7) is 2.26. The highest BCUT2D eigenvalue weighted by molar-refractivity contribution is 5.07. The molecule has 2 rings (SSSR count). The molecule has 17 heavy (non-hydrogen) atoms. The molecule has 6 heteroatoms. The van der Waals surface area contributed by atoms with Crippen LogP contribution in [0.4, 0.5) is 0 Å². The van der Waals surface area contributed by atoms with Crippen LogP contribution in [0.5, 0.6) is 5.95 Å². The Kier molecular flexibility index (Phi) is 3.40. The number of hydrogen-bond donors (Lipinski definition) is 0. The molecule has 0 aliphatic carbocycles. The number of hydrogen-bond acceptors (Lipinski definition) is 5. The van der Waals surface area contributed by atoms with E-state index in [1.807, 2.05) is 0 Å². The van der Waals surface area contributed by atoms with Gasteiger partial charge in [0.25, 0.3) is 0 Å². The minimum Gasteiger partial charge on any atom is -0.584 e. The third-order valence-corrected chi connectivity index (χ3v) is 2.57. The van der Waals surface area contributed by atoms with Crippen molar-refractivity contribution >= 4 is 0 Å². The van der Waals surface area contributed by atoms with Gasteiger partial charge in [0.2, 0.25) is 11.6 Å². The van der Waals surface area contributed by atoms with Gasteiger partial charge >= 0.3 is 6.04 Å². The van der Waals surface area contributed by atoms with Crippen LogP contribution in [0.1, 0.15) is 18.6 Å². The molecule has 0 radical (unpaired) electrons. The highest BCUT2D eigenvalue weighted by Gasteiger charge is 2.35. The predicted molar refractivity (Wildman–Crippen MR) is 56.3 cm³/mol. The van der Waals surface area contributed by atoms with Crippen molar-refractivity contribution in [2.45, 2.75) is 32.0 Å². The third-order valence-electron chi connectivity index (χ3n) is 2.57. The topological polar surface area (TPSA) is 85.9 Å². The summed E-state index contributed by atoms with van der Waals surface area (Å²) in [5.41, 5.74) is 0. The molecule has 1 fully saturated rings. The molecule has 1 aliphatic heterocycles. The number of aryl methyl sites for hydroxylation is 1. The molecule has 90 valence electrons. The van der Waals surface area contributed by atoms with E-state index >= 15 is 0 Å². The van der Waals surface area contributed by atoms with Crippen molar-refractivity contribution < 1.29 is 14.3 Å². The van der Waals surface area contributed by atoms with E-state index in [0.29, 0.717) is 17.7 Å². The van der Waals surface area contributed by atoms with Crippen LogP contribution in [-0.2, 0) is 4.74 Å². The first-order chi connectivity index (χ1) is 8.19. The Balaban J connectivity index is 2.31. The van der Waals surface area contributed by atoms with E-state index in [9.17, 15) is 5.11 Å². The summed E-state index contributed by atoms with van der Waals surface area (Å²) in [5.74, 6) is 0.0431. The molecule has 0 unspecified atom stereocenters. The Morgan fingerprint density at radius 3 is 3.06 bits per heavy atom. The van der Waals surface area contributed by atoms with Gasteiger partial charge in [-0.3, -0.25) is 0 Å². The molecule has 0 N–H and O–H groups in total. The Morgan fingerprint density at radius 1 is 1.53 bits per heavy atom. The largest absolute Gasteiger partial charge is 0.584 e. The molecule has 2 atom stereocenters. The molecule has 0 amide bonds. The van der Waals surface area contributed by atoms with Crippen LogP contribution in [-0.4, -0.2) is 18.9 Å². The van der Waals surface area contributed by atoms with Gasteiger partial charge in [-0.25, -0.2) is 4.99 Å². The minimum atomic E-state index is -0.532. The second kappa shape index (κ2) is 4.97. The lowest BCUT2D eigenvalue weighted by molar-refractivity contribution is -0.295. The van der Waals surface area contributed by atoms with Gasteiger partial charge in [0.1, 0.15) is 4.98 Å². The molecule has 6 nitrogen and oxygen atoms in total. The molecular formula is C11H13N3O3. The first-order valence-corrected chi connectivity index (χ1v) is 5.47. The first kappa shape index (κ1) is 11.6. The smallest absolute Gasteiger partial charge is 0.359 e. The van der Waals surface area contributed by atoms with Gasteiger partial charge in [-0.2, -0.15) is 0 Å². The molecule has 1 aromatic heterocycles. The fraction of sp³-hybridized carbons (Fsp3) is 0.545. The monoisotopic (exact) mass is 235 g/mol. The maximum Gasteiger partial charge on any atom is 0.359 e. The molecular weight excluding hydrogens is 222 g/mol. The molecule has 0 saturated carbocycles. The van der Waals surface area contributed by atoms with Crippen molar-refractivity contribution in [1.82, 2.24) is 0 Å². The summed E-state index contributed by atoms with van der Waals surface area (Å²) >= 11 is 0. The summed E-state index contributed by atoms with van der Waals surface area (Å²) in [7, 11) is 0. The van der Waals surface area contributed by atoms with Gasteiger partial charge in [-0.05, 0) is 31.2 Å². The van der Waals surface area contributed by atoms with E-state index in [1.165, 1.54) is 6.07 Å². The van der Waals surface area contributed by atoms with E-state index in [4.69, 9.17) is 14.5 Å². The van der Waals surface area contributed by atoms with Crippen LogP contribution in [0.15, 0.2) is 21.5 Å². The lowest BCUT2D eigenvalue weighted by atomic mass is 10.1. The summed E-state index contributed by atoms with van der Waals surface area (Å²) in [6.07, 6.45) is 1.04. The van der Waals surface area contributed by atoms with Gasteiger partial charge in [0.05, 0.1) is 11.3 Å². The zero-order chi connectivity index (χ0) is 12.3. The highest BCUT2D eigenvalue weighted by atomic mass is 16.5. The second-order valence-electron chi connectivity index (χ2n) is 3.96. The van der Waals surface area contributed by atoms with E-state index in [2.05, 4.69) is 9.97 Å². The highest BCUT2D eigenvalue weighted by Crippen LogP contribution is 2.17. The second-order valence-corrected chi connectivity index (χ2v) is 3.96. The maximum atomic E-state index is 11.2. The standard InChI is InChI=1S/C11H13N3O3/c1-7-5-8(6-10(15)17-7)13-11-9(14-12)3-2-4-16-11/h5-6,9,11H,2-4H2,1H3/t9-,11+/m0/s1. The van der Waals surface area contributed by atoms with Gasteiger partial charge in [-0.15, -0.1) is 0 Å². The fourth-order valence-electron chi connectivity index (χ4n) is 1.80. The third kappa shape index (κ3) is 2.82. The predicted octanol–water partition coefficient (Wildman–Crippen LogP) is 0.920. The average Bonchev–Trinajstić information content (AvgIpc) is 2.28. The summed E-state index contributed by atoms with van der Waals surface area (Å²) < 4.78 is 10.2. The van der Waals surface area contributed by atoms with Crippen LogP contribution in [0.25, 0.3) is 4.98 Å². The fourth-order valence-corrected chi connectivity index (χ4v) is 1.80. The Labute approximate surface area is 98.2 Å². The van der Waals surface area contributed by atoms with Gasteiger partial charge in [0, 0.05) is 13.0 Å². The van der Waals surface area contributed by atoms with Gasteiger partial charge in [0.15, 0.2) is 0 Å². The van der Waals surface area contributed by atoms with Crippen LogP contribution in [0.3, 0.4) is 0 Å². The molecule has 0 aromatic carbocycles. The van der Waals surface area contributed by atoms with Crippen molar-refractivity contribution in [2.24, 2.45) is 4.99 Å². The number of rotatable bonds is 1. The normalized spacial score (nSPS) is 25.5. The Hall–Kier alpha value is -1.87. The lowest BCUT2D eigenvalue weighted by Crippen LogP contribution is -2.32. The van der Waals surface area contributed by atoms with E-state index < -0.39 is 12.2 Å². The summed E-state index contributed by atoms with van der Waals surface area (Å²) in [4.78, 5) is 7.51. The molecule has 0 bridgehead atoms. The number of nitrogens with zero attached hydrogens (tertiary/aromatic N) is 3. The minimum absolute atomic E-state index is 0.365. The molecule has 0 spiro atoms. The van der Waals surface area contributed by atoms with Gasteiger partial charge < -0.3 is 14.3 Å². The van der Waals surface area contributed by atoms with Crippen molar-refractivity contribution in [2.75, 3.05) is 6.61 Å². The zero-order valence-corrected chi connectivity index (χ0v) is 9.50. The first-order valence-electron chi connectivity index (χ1n) is 5.47. The Morgan fingerprint density at radius 2 is 2.35 bits per heavy atom. The van der Waals surface area contributed by atoms with Crippen molar-refractivity contribution in [3.63, 3.8) is 0 Å². The maximum absolute atomic E-state index is 11.2. The van der Waals surface area contributed by atoms with Gasteiger partial charge in [-0.1, -0.05) is 0 Å². The van der Waals surface area contributed by atoms with Crippen LogP contribution in [0, 0.1) is 12.3 Å². The molecule has 1 aliphatic rings. The van der Waals surface area contributed by atoms with Crippen molar-refractivity contribution in [1.29, 1.82) is 5.39 Å². The van der Waals surface area contributed by atoms with E-state index in [-0.39, 0.29) is 6.04 Å². The lowest BCUT2D eigenvalue weighted by Gasteiger charge is -2.17. The van der Waals surface area contributed by atoms with Crippen molar-refractivity contribution in [3.05, 3.63) is 28.2 Å². The average molecular weight is 235 g/mol. The Bertz CT molecular complexity index is 480. The SMILES string of the molecule is Cc1c/c(=N/[C@@H]2OCCC[C@@H]2[N+]#N)cc([O-])o1. The molecule has 2 heterocycles. The van der Waals surface area contributed by atoms with Crippen LogP contribution in [0.2, 0.25) is 0 Å².